The molecule has 0 radical (unpaired) electrons. The molecule has 5 nitrogen and oxygen atoms in total. The summed E-state index contributed by atoms with van der Waals surface area (Å²) in [5, 5.41) is 8.19. The summed E-state index contributed by atoms with van der Waals surface area (Å²) in [5.41, 5.74) is 8.47. The number of nitrogen functional groups attached to an aromatic ring is 1. The van der Waals surface area contributed by atoms with Gasteiger partial charge in [0.2, 0.25) is 0 Å². The van der Waals surface area contributed by atoms with Gasteiger partial charge in [0.1, 0.15) is 5.69 Å². The quantitative estimate of drug-likeness (QED) is 0.739. The molecule has 0 aliphatic rings. The summed E-state index contributed by atoms with van der Waals surface area (Å²) in [6.07, 6.45) is 3.43. The van der Waals surface area contributed by atoms with E-state index in [4.69, 9.17) is 5.73 Å². The monoisotopic (exact) mass is 237 g/mol. The van der Waals surface area contributed by atoms with E-state index in [1.54, 1.807) is 17.1 Å². The molecule has 3 aromatic rings. The van der Waals surface area contributed by atoms with Crippen LogP contribution in [0.5, 0.6) is 0 Å². The van der Waals surface area contributed by atoms with Crippen LogP contribution in [0.3, 0.4) is 0 Å². The highest BCUT2D eigenvalue weighted by atomic mass is 15.5. The van der Waals surface area contributed by atoms with Gasteiger partial charge in [0.25, 0.3) is 0 Å². The third-order valence-corrected chi connectivity index (χ3v) is 2.64. The van der Waals surface area contributed by atoms with Gasteiger partial charge in [-0.05, 0) is 24.3 Å². The van der Waals surface area contributed by atoms with Gasteiger partial charge in [-0.1, -0.05) is 23.4 Å². The first-order valence-corrected chi connectivity index (χ1v) is 5.53. The van der Waals surface area contributed by atoms with Crippen LogP contribution in [-0.4, -0.2) is 20.0 Å². The van der Waals surface area contributed by atoms with Crippen LogP contribution in [0.2, 0.25) is 0 Å². The largest absolute Gasteiger partial charge is 0.382 e. The van der Waals surface area contributed by atoms with E-state index in [-0.39, 0.29) is 0 Å². The molecule has 18 heavy (non-hydrogen) atoms. The summed E-state index contributed by atoms with van der Waals surface area (Å²) >= 11 is 0. The van der Waals surface area contributed by atoms with E-state index in [0.29, 0.717) is 11.5 Å². The highest BCUT2D eigenvalue weighted by molar-refractivity contribution is 5.70. The van der Waals surface area contributed by atoms with Crippen molar-refractivity contribution in [2.24, 2.45) is 0 Å². The predicted molar refractivity (Wildman–Crippen MR) is 69.0 cm³/mol. The van der Waals surface area contributed by atoms with Crippen LogP contribution in [-0.2, 0) is 0 Å². The molecule has 0 unspecified atom stereocenters. The van der Waals surface area contributed by atoms with Crippen molar-refractivity contribution in [2.45, 2.75) is 0 Å². The minimum absolute atomic E-state index is 0.509. The lowest BCUT2D eigenvalue weighted by Gasteiger charge is -2.02. The zero-order valence-electron chi connectivity index (χ0n) is 9.56. The third kappa shape index (κ3) is 1.71. The smallest absolute Gasteiger partial charge is 0.155 e. The molecule has 0 bridgehead atoms. The van der Waals surface area contributed by atoms with E-state index in [9.17, 15) is 0 Å². The normalized spacial score (nSPS) is 10.4. The first-order valence-electron chi connectivity index (χ1n) is 5.53. The summed E-state index contributed by atoms with van der Waals surface area (Å²) in [5.74, 6) is 0.509. The van der Waals surface area contributed by atoms with E-state index in [2.05, 4.69) is 15.3 Å². The van der Waals surface area contributed by atoms with E-state index < -0.39 is 0 Å². The number of hydrogen-bond donors (Lipinski definition) is 1. The zero-order chi connectivity index (χ0) is 12.4. The van der Waals surface area contributed by atoms with Crippen molar-refractivity contribution >= 4 is 5.82 Å². The topological polar surface area (TPSA) is 69.6 Å². The van der Waals surface area contributed by atoms with Crippen LogP contribution in [0.15, 0.2) is 54.9 Å². The van der Waals surface area contributed by atoms with E-state index in [1.807, 2.05) is 42.5 Å². The summed E-state index contributed by atoms with van der Waals surface area (Å²) in [7, 11) is 0. The van der Waals surface area contributed by atoms with Gasteiger partial charge in [-0.3, -0.25) is 4.98 Å². The maximum Gasteiger partial charge on any atom is 0.155 e. The van der Waals surface area contributed by atoms with Crippen molar-refractivity contribution < 1.29 is 0 Å². The Balaban J connectivity index is 2.09. The zero-order valence-corrected chi connectivity index (χ0v) is 9.56. The first kappa shape index (κ1) is 10.5. The lowest BCUT2D eigenvalue weighted by Crippen LogP contribution is -2.01. The van der Waals surface area contributed by atoms with Crippen LogP contribution in [0.4, 0.5) is 5.82 Å². The number of anilines is 1. The second-order valence-electron chi connectivity index (χ2n) is 3.81. The highest BCUT2D eigenvalue weighted by Crippen LogP contribution is 2.23. The lowest BCUT2D eigenvalue weighted by atomic mass is 10.2. The number of nitrogens with zero attached hydrogens (tertiary/aromatic N) is 4. The van der Waals surface area contributed by atoms with Crippen LogP contribution >= 0.6 is 0 Å². The number of benzene rings is 1. The summed E-state index contributed by atoms with van der Waals surface area (Å²) in [6, 6.07) is 13.4. The Bertz CT molecular complexity index is 589. The van der Waals surface area contributed by atoms with E-state index in [0.717, 1.165) is 11.3 Å². The van der Waals surface area contributed by atoms with E-state index in [1.165, 1.54) is 0 Å². The molecule has 2 aromatic heterocycles. The third-order valence-electron chi connectivity index (χ3n) is 2.64. The molecule has 1 aromatic carbocycles. The first-order chi connectivity index (χ1) is 8.86. The predicted octanol–water partition coefficient (Wildman–Crippen LogP) is 1.91. The van der Waals surface area contributed by atoms with Gasteiger partial charge in [-0.15, -0.1) is 5.10 Å². The maximum atomic E-state index is 6.08. The summed E-state index contributed by atoms with van der Waals surface area (Å²) in [6.45, 7) is 0. The van der Waals surface area contributed by atoms with Crippen molar-refractivity contribution in [1.82, 2.24) is 20.0 Å². The van der Waals surface area contributed by atoms with Gasteiger partial charge in [0, 0.05) is 18.0 Å². The van der Waals surface area contributed by atoms with E-state index >= 15 is 0 Å². The molecule has 0 saturated carbocycles. The molecule has 5 heteroatoms. The fraction of sp³-hybridized carbons (Fsp3) is 0. The molecular formula is C13H11N5. The number of rotatable bonds is 2. The number of aromatic nitrogens is 4. The molecule has 0 atom stereocenters. The Morgan fingerprint density at radius 2 is 1.83 bits per heavy atom. The highest BCUT2D eigenvalue weighted by Gasteiger charge is 2.12. The molecule has 2 heterocycles. The Morgan fingerprint density at radius 1 is 1.00 bits per heavy atom. The Labute approximate surface area is 104 Å². The molecule has 0 aliphatic carbocycles. The molecule has 88 valence electrons. The van der Waals surface area contributed by atoms with Crippen molar-refractivity contribution in [2.75, 3.05) is 5.73 Å². The molecule has 0 aliphatic heterocycles. The number of pyridine rings is 1. The minimum Gasteiger partial charge on any atom is -0.382 e. The molecule has 0 amide bonds. The van der Waals surface area contributed by atoms with Crippen molar-refractivity contribution in [3.05, 3.63) is 54.9 Å². The standard InChI is InChI=1S/C13H11N5/c14-13-12(10-5-4-8-15-9-10)16-17-18(13)11-6-2-1-3-7-11/h1-9H,14H2. The fourth-order valence-corrected chi connectivity index (χ4v) is 1.76. The van der Waals surface area contributed by atoms with Crippen LogP contribution in [0, 0.1) is 0 Å². The molecule has 3 rings (SSSR count). The average molecular weight is 237 g/mol. The Kier molecular flexibility index (Phi) is 2.49. The second-order valence-corrected chi connectivity index (χ2v) is 3.81. The fourth-order valence-electron chi connectivity index (χ4n) is 1.76. The van der Waals surface area contributed by atoms with Crippen molar-refractivity contribution in [1.29, 1.82) is 0 Å². The molecule has 0 spiro atoms. The second kappa shape index (κ2) is 4.29. The Morgan fingerprint density at radius 3 is 2.56 bits per heavy atom. The minimum atomic E-state index is 0.509. The van der Waals surface area contributed by atoms with Gasteiger partial charge in [-0.2, -0.15) is 4.68 Å². The molecule has 0 saturated heterocycles. The SMILES string of the molecule is Nc1c(-c2cccnc2)nnn1-c1ccccc1. The Hall–Kier alpha value is -2.69. The van der Waals surface area contributed by atoms with Gasteiger partial charge in [-0.25, -0.2) is 0 Å². The molecule has 2 N–H and O–H groups in total. The van der Waals surface area contributed by atoms with Gasteiger partial charge in [0.15, 0.2) is 5.82 Å². The summed E-state index contributed by atoms with van der Waals surface area (Å²) < 4.78 is 1.61. The van der Waals surface area contributed by atoms with Gasteiger partial charge >= 0.3 is 0 Å². The number of para-hydroxylation sites is 1. The maximum absolute atomic E-state index is 6.08. The summed E-state index contributed by atoms with van der Waals surface area (Å²) in [4.78, 5) is 4.05. The van der Waals surface area contributed by atoms with Gasteiger partial charge in [0.05, 0.1) is 5.69 Å². The van der Waals surface area contributed by atoms with Crippen LogP contribution < -0.4 is 5.73 Å². The number of hydrogen-bond acceptors (Lipinski definition) is 4. The molecular weight excluding hydrogens is 226 g/mol. The number of nitrogens with two attached hydrogens (primary N) is 1. The average Bonchev–Trinajstić information content (AvgIpc) is 2.83. The van der Waals surface area contributed by atoms with Crippen LogP contribution in [0.25, 0.3) is 16.9 Å². The van der Waals surface area contributed by atoms with Crippen molar-refractivity contribution in [3.63, 3.8) is 0 Å². The lowest BCUT2D eigenvalue weighted by molar-refractivity contribution is 0.810. The van der Waals surface area contributed by atoms with Crippen LogP contribution in [0.1, 0.15) is 0 Å². The van der Waals surface area contributed by atoms with Crippen molar-refractivity contribution in [3.8, 4) is 16.9 Å². The van der Waals surface area contributed by atoms with Gasteiger partial charge < -0.3 is 5.73 Å². The molecule has 0 fully saturated rings.